The molecular weight excluding hydrogens is 329 g/mol. The summed E-state index contributed by atoms with van der Waals surface area (Å²) in [6.45, 7) is 4.46. The fourth-order valence-corrected chi connectivity index (χ4v) is 3.44. The zero-order valence-electron chi connectivity index (χ0n) is 14.8. The number of rotatable bonds is 3. The molecule has 1 aromatic heterocycles. The summed E-state index contributed by atoms with van der Waals surface area (Å²) in [5.41, 5.74) is 2.97. The van der Waals surface area contributed by atoms with E-state index < -0.39 is 0 Å². The molecule has 2 N–H and O–H groups in total. The smallest absolute Gasteiger partial charge is 0.272 e. The Labute approximate surface area is 152 Å². The summed E-state index contributed by atoms with van der Waals surface area (Å²) in [6, 6.07) is 14.1. The highest BCUT2D eigenvalue weighted by Gasteiger charge is 2.16. The van der Waals surface area contributed by atoms with Crippen LogP contribution in [0.4, 0.5) is 15.8 Å². The van der Waals surface area contributed by atoms with Gasteiger partial charge in [-0.1, -0.05) is 6.92 Å². The van der Waals surface area contributed by atoms with Crippen LogP contribution in [0.25, 0.3) is 10.9 Å². The summed E-state index contributed by atoms with van der Waals surface area (Å²) in [4.78, 5) is 17.8. The van der Waals surface area contributed by atoms with Crippen LogP contribution in [0.1, 0.15) is 30.3 Å². The number of carbonyl (C=O) groups excluding carboxylic acids is 1. The molecule has 134 valence electrons. The minimum absolute atomic E-state index is 0.235. The van der Waals surface area contributed by atoms with Gasteiger partial charge in [0.05, 0.1) is 0 Å². The second-order valence-electron chi connectivity index (χ2n) is 7.09. The van der Waals surface area contributed by atoms with E-state index in [-0.39, 0.29) is 11.7 Å². The van der Waals surface area contributed by atoms with Crippen molar-refractivity contribution < 1.29 is 9.18 Å². The number of amides is 1. The van der Waals surface area contributed by atoms with Gasteiger partial charge in [-0.25, -0.2) is 4.39 Å². The van der Waals surface area contributed by atoms with E-state index in [9.17, 15) is 9.18 Å². The van der Waals surface area contributed by atoms with E-state index in [1.165, 1.54) is 30.7 Å². The van der Waals surface area contributed by atoms with Crippen molar-refractivity contribution in [2.45, 2.75) is 19.8 Å². The third kappa shape index (κ3) is 3.43. The van der Waals surface area contributed by atoms with Crippen LogP contribution in [-0.4, -0.2) is 24.0 Å². The Bertz CT molecular complexity index is 924. The first-order valence-electron chi connectivity index (χ1n) is 9.03. The molecule has 2 heterocycles. The number of carbonyl (C=O) groups is 1. The maximum atomic E-state index is 13.3. The molecule has 1 saturated heterocycles. The Morgan fingerprint density at radius 2 is 1.85 bits per heavy atom. The van der Waals surface area contributed by atoms with Gasteiger partial charge in [0.15, 0.2) is 0 Å². The molecule has 1 fully saturated rings. The maximum absolute atomic E-state index is 13.3. The fraction of sp³-hybridized carbons (Fsp3) is 0.286. The molecule has 1 amide bonds. The van der Waals surface area contributed by atoms with Crippen LogP contribution in [0.2, 0.25) is 0 Å². The topological polar surface area (TPSA) is 48.1 Å². The van der Waals surface area contributed by atoms with E-state index in [1.807, 2.05) is 24.3 Å². The first-order chi connectivity index (χ1) is 12.6. The van der Waals surface area contributed by atoms with Crippen molar-refractivity contribution >= 4 is 28.2 Å². The molecule has 3 aromatic rings. The van der Waals surface area contributed by atoms with E-state index in [0.29, 0.717) is 11.2 Å². The molecule has 0 unspecified atom stereocenters. The average molecular weight is 351 g/mol. The largest absolute Gasteiger partial charge is 0.372 e. The lowest BCUT2D eigenvalue weighted by atomic mass is 9.99. The summed E-state index contributed by atoms with van der Waals surface area (Å²) in [6.07, 6.45) is 2.44. The first-order valence-corrected chi connectivity index (χ1v) is 9.03. The van der Waals surface area contributed by atoms with Crippen molar-refractivity contribution in [3.63, 3.8) is 0 Å². The van der Waals surface area contributed by atoms with Crippen LogP contribution in [0.15, 0.2) is 48.5 Å². The predicted octanol–water partition coefficient (Wildman–Crippen LogP) is 4.80. The average Bonchev–Trinajstić information content (AvgIpc) is 3.06. The van der Waals surface area contributed by atoms with Crippen LogP contribution in [0.5, 0.6) is 0 Å². The molecule has 0 atom stereocenters. The number of aromatic amines is 1. The van der Waals surface area contributed by atoms with E-state index in [4.69, 9.17) is 0 Å². The lowest BCUT2D eigenvalue weighted by Crippen LogP contribution is -2.32. The molecule has 5 heteroatoms. The van der Waals surface area contributed by atoms with Gasteiger partial charge in [0.2, 0.25) is 0 Å². The molecule has 0 spiro atoms. The van der Waals surface area contributed by atoms with Crippen LogP contribution in [0, 0.1) is 11.7 Å². The van der Waals surface area contributed by atoms with Gasteiger partial charge in [-0.05, 0) is 67.3 Å². The first kappa shape index (κ1) is 16.6. The van der Waals surface area contributed by atoms with Gasteiger partial charge in [-0.3, -0.25) is 4.79 Å². The zero-order chi connectivity index (χ0) is 18.1. The highest BCUT2D eigenvalue weighted by molar-refractivity contribution is 6.06. The third-order valence-corrected chi connectivity index (χ3v) is 5.10. The Balaban J connectivity index is 1.45. The number of H-pyrrole nitrogens is 1. The van der Waals surface area contributed by atoms with Crippen LogP contribution >= 0.6 is 0 Å². The molecular formula is C21H22FN3O. The van der Waals surface area contributed by atoms with Crippen LogP contribution in [0.3, 0.4) is 0 Å². The number of nitrogens with zero attached hydrogens (tertiary/aromatic N) is 1. The Morgan fingerprint density at radius 3 is 2.58 bits per heavy atom. The Kier molecular flexibility index (Phi) is 4.37. The van der Waals surface area contributed by atoms with E-state index in [2.05, 4.69) is 22.1 Å². The van der Waals surface area contributed by atoms with Crippen molar-refractivity contribution in [1.82, 2.24) is 4.98 Å². The molecule has 0 saturated carbocycles. The highest BCUT2D eigenvalue weighted by atomic mass is 19.1. The second-order valence-corrected chi connectivity index (χ2v) is 7.09. The molecule has 1 aliphatic rings. The van der Waals surface area contributed by atoms with Crippen molar-refractivity contribution in [2.24, 2.45) is 5.92 Å². The molecule has 0 bridgehead atoms. The van der Waals surface area contributed by atoms with Gasteiger partial charge < -0.3 is 15.2 Å². The number of piperidine rings is 1. The molecule has 2 aromatic carbocycles. The quantitative estimate of drug-likeness (QED) is 0.712. The Hall–Kier alpha value is -2.82. The lowest BCUT2D eigenvalue weighted by molar-refractivity contribution is 0.102. The number of aromatic nitrogens is 1. The molecule has 26 heavy (non-hydrogen) atoms. The minimum atomic E-state index is -0.325. The minimum Gasteiger partial charge on any atom is -0.372 e. The van der Waals surface area contributed by atoms with Crippen molar-refractivity contribution in [3.8, 4) is 0 Å². The molecule has 4 rings (SSSR count). The molecule has 1 aliphatic heterocycles. The zero-order valence-corrected chi connectivity index (χ0v) is 14.8. The van der Waals surface area contributed by atoms with Gasteiger partial charge in [0.25, 0.3) is 5.91 Å². The van der Waals surface area contributed by atoms with E-state index >= 15 is 0 Å². The van der Waals surface area contributed by atoms with Gasteiger partial charge in [-0.2, -0.15) is 0 Å². The number of benzene rings is 2. The number of nitrogens with one attached hydrogen (secondary N) is 2. The second kappa shape index (κ2) is 6.83. The number of halogens is 1. The van der Waals surface area contributed by atoms with Gasteiger partial charge in [-0.15, -0.1) is 0 Å². The van der Waals surface area contributed by atoms with E-state index in [0.717, 1.165) is 30.1 Å². The summed E-state index contributed by atoms with van der Waals surface area (Å²) < 4.78 is 13.3. The monoisotopic (exact) mass is 351 g/mol. The fourth-order valence-electron chi connectivity index (χ4n) is 3.44. The summed E-state index contributed by atoms with van der Waals surface area (Å²) in [5, 5.41) is 3.70. The third-order valence-electron chi connectivity index (χ3n) is 5.10. The van der Waals surface area contributed by atoms with Crippen LogP contribution < -0.4 is 10.2 Å². The van der Waals surface area contributed by atoms with Crippen molar-refractivity contribution in [1.29, 1.82) is 0 Å². The SMILES string of the molecule is CC1CCN(c2ccc(NC(=O)c3cc4ccc(F)cc4[nH]3)cc2)CC1. The molecule has 0 aliphatic carbocycles. The summed E-state index contributed by atoms with van der Waals surface area (Å²) in [5.74, 6) is 0.241. The Morgan fingerprint density at radius 1 is 1.12 bits per heavy atom. The summed E-state index contributed by atoms with van der Waals surface area (Å²) in [7, 11) is 0. The summed E-state index contributed by atoms with van der Waals surface area (Å²) >= 11 is 0. The number of fused-ring (bicyclic) bond motifs is 1. The highest BCUT2D eigenvalue weighted by Crippen LogP contribution is 2.24. The maximum Gasteiger partial charge on any atom is 0.272 e. The number of anilines is 2. The van der Waals surface area contributed by atoms with E-state index in [1.54, 1.807) is 12.1 Å². The van der Waals surface area contributed by atoms with Crippen LogP contribution in [-0.2, 0) is 0 Å². The standard InChI is InChI=1S/C21H22FN3O/c1-14-8-10-25(11-9-14)18-6-4-17(5-7-18)23-21(26)20-12-15-2-3-16(22)13-19(15)24-20/h2-7,12-14,24H,8-11H2,1H3,(H,23,26). The normalized spacial score (nSPS) is 15.4. The molecule has 0 radical (unpaired) electrons. The van der Waals surface area contributed by atoms with Crippen molar-refractivity contribution in [2.75, 3.05) is 23.3 Å². The molecule has 4 nitrogen and oxygen atoms in total. The lowest BCUT2D eigenvalue weighted by Gasteiger charge is -2.32. The number of hydrogen-bond acceptors (Lipinski definition) is 2. The van der Waals surface area contributed by atoms with Gasteiger partial charge in [0, 0.05) is 35.4 Å². The predicted molar refractivity (Wildman–Crippen MR) is 103 cm³/mol. The van der Waals surface area contributed by atoms with Gasteiger partial charge >= 0.3 is 0 Å². The van der Waals surface area contributed by atoms with Gasteiger partial charge in [0.1, 0.15) is 11.5 Å². The number of hydrogen-bond donors (Lipinski definition) is 2. The van der Waals surface area contributed by atoms with Crippen molar-refractivity contribution in [3.05, 3.63) is 60.0 Å².